The first-order chi connectivity index (χ1) is 8.91. The van der Waals surface area contributed by atoms with Crippen LogP contribution in [0.25, 0.3) is 5.69 Å². The molecule has 0 spiro atoms. The Morgan fingerprint density at radius 1 is 1.00 bits per heavy atom. The van der Waals surface area contributed by atoms with Crippen molar-refractivity contribution in [2.45, 2.75) is 46.5 Å². The molecule has 0 amide bonds. The fourth-order valence-corrected chi connectivity index (χ4v) is 2.34. The monoisotopic (exact) mass is 258 g/mol. The summed E-state index contributed by atoms with van der Waals surface area (Å²) in [5.41, 5.74) is 4.10. The summed E-state index contributed by atoms with van der Waals surface area (Å²) < 4.78 is 1.66. The van der Waals surface area contributed by atoms with Crippen molar-refractivity contribution in [3.8, 4) is 5.69 Å². The van der Waals surface area contributed by atoms with Crippen LogP contribution in [0.5, 0.6) is 0 Å². The van der Waals surface area contributed by atoms with Gasteiger partial charge in [-0.2, -0.15) is 0 Å². The average molecular weight is 258 g/mol. The Morgan fingerprint density at radius 2 is 1.58 bits per heavy atom. The Labute approximate surface area is 114 Å². The lowest BCUT2D eigenvalue weighted by Crippen LogP contribution is -2.18. The molecule has 0 saturated heterocycles. The molecule has 1 heterocycles. The summed E-state index contributed by atoms with van der Waals surface area (Å²) in [4.78, 5) is 12.6. The lowest BCUT2D eigenvalue weighted by atomic mass is 9.98. The molecule has 0 unspecified atom stereocenters. The molecule has 102 valence electrons. The number of H-pyrrole nitrogens is 1. The van der Waals surface area contributed by atoms with E-state index in [4.69, 9.17) is 0 Å². The first kappa shape index (κ1) is 13.7. The minimum Gasteiger partial charge on any atom is -0.294 e. The Balaban J connectivity index is 2.62. The molecule has 19 heavy (non-hydrogen) atoms. The van der Waals surface area contributed by atoms with Crippen molar-refractivity contribution < 1.29 is 0 Å². The van der Waals surface area contributed by atoms with Crippen LogP contribution in [0.4, 0.5) is 0 Å². The predicted octanol–water partition coefficient (Wildman–Crippen LogP) is 3.72. The van der Waals surface area contributed by atoms with Gasteiger partial charge in [-0.05, 0) is 30.9 Å². The summed E-state index contributed by atoms with van der Waals surface area (Å²) in [6.07, 6.45) is 0. The molecule has 1 aromatic carbocycles. The average Bonchev–Trinajstić information content (AvgIpc) is 2.68. The van der Waals surface area contributed by atoms with Crippen molar-refractivity contribution in [3.63, 3.8) is 0 Å². The summed E-state index contributed by atoms with van der Waals surface area (Å²) in [6, 6.07) is 7.99. The smallest absolute Gasteiger partial charge is 0.274 e. The quantitative estimate of drug-likeness (QED) is 0.895. The van der Waals surface area contributed by atoms with E-state index in [1.165, 1.54) is 5.56 Å². The number of nitrogens with zero attached hydrogens (tertiary/aromatic N) is 1. The van der Waals surface area contributed by atoms with Crippen LogP contribution in [0, 0.1) is 6.92 Å². The van der Waals surface area contributed by atoms with Gasteiger partial charge in [-0.15, -0.1) is 0 Å². The van der Waals surface area contributed by atoms with E-state index in [2.05, 4.69) is 32.8 Å². The predicted molar refractivity (Wildman–Crippen MR) is 79.3 cm³/mol. The van der Waals surface area contributed by atoms with E-state index in [1.807, 2.05) is 31.2 Å². The molecule has 3 heteroatoms. The fraction of sp³-hybridized carbons (Fsp3) is 0.438. The summed E-state index contributed by atoms with van der Waals surface area (Å²) >= 11 is 0. The summed E-state index contributed by atoms with van der Waals surface area (Å²) in [6.45, 7) is 10.4. The van der Waals surface area contributed by atoms with Gasteiger partial charge in [-0.25, -0.2) is 4.68 Å². The molecule has 0 aliphatic rings. The molecule has 0 aliphatic heterocycles. The Kier molecular flexibility index (Phi) is 3.65. The van der Waals surface area contributed by atoms with E-state index >= 15 is 0 Å². The molecule has 0 aliphatic carbocycles. The van der Waals surface area contributed by atoms with Crippen LogP contribution in [-0.2, 0) is 0 Å². The van der Waals surface area contributed by atoms with E-state index < -0.39 is 0 Å². The SMILES string of the molecule is Cc1ccc(-n2[nH]c(C(C)C)c(C(C)C)c2=O)cc1. The van der Waals surface area contributed by atoms with Crippen molar-refractivity contribution in [2.75, 3.05) is 0 Å². The van der Waals surface area contributed by atoms with Crippen molar-refractivity contribution in [1.82, 2.24) is 9.78 Å². The van der Waals surface area contributed by atoms with Gasteiger partial charge in [0.1, 0.15) is 0 Å². The fourth-order valence-electron chi connectivity index (χ4n) is 2.34. The van der Waals surface area contributed by atoms with Gasteiger partial charge in [0.25, 0.3) is 5.56 Å². The lowest BCUT2D eigenvalue weighted by Gasteiger charge is -2.07. The van der Waals surface area contributed by atoms with Gasteiger partial charge in [0.2, 0.25) is 0 Å². The molecular formula is C16H22N2O. The van der Waals surface area contributed by atoms with E-state index in [1.54, 1.807) is 4.68 Å². The van der Waals surface area contributed by atoms with Crippen LogP contribution in [-0.4, -0.2) is 9.78 Å². The molecule has 2 rings (SSSR count). The first-order valence-electron chi connectivity index (χ1n) is 6.83. The number of benzene rings is 1. The molecule has 0 bridgehead atoms. The maximum Gasteiger partial charge on any atom is 0.274 e. The number of hydrogen-bond donors (Lipinski definition) is 1. The van der Waals surface area contributed by atoms with Gasteiger partial charge in [0.15, 0.2) is 0 Å². The molecule has 0 atom stereocenters. The minimum absolute atomic E-state index is 0.0718. The molecule has 1 aromatic heterocycles. The number of aryl methyl sites for hydroxylation is 1. The van der Waals surface area contributed by atoms with E-state index in [9.17, 15) is 4.79 Å². The molecule has 3 nitrogen and oxygen atoms in total. The van der Waals surface area contributed by atoms with Gasteiger partial charge in [0.05, 0.1) is 5.69 Å². The number of aromatic nitrogens is 2. The lowest BCUT2D eigenvalue weighted by molar-refractivity contribution is 0.748. The van der Waals surface area contributed by atoms with Gasteiger partial charge in [-0.3, -0.25) is 9.89 Å². The highest BCUT2D eigenvalue weighted by molar-refractivity contribution is 5.36. The third-order valence-corrected chi connectivity index (χ3v) is 3.40. The molecule has 1 N–H and O–H groups in total. The number of hydrogen-bond acceptors (Lipinski definition) is 1. The molecule has 2 aromatic rings. The standard InChI is InChI=1S/C16H22N2O/c1-10(2)14-15(11(3)4)17-18(16(14)19)13-8-6-12(5)7-9-13/h6-11,17H,1-5H3. The Morgan fingerprint density at radius 3 is 2.00 bits per heavy atom. The van der Waals surface area contributed by atoms with Crippen molar-refractivity contribution >= 4 is 0 Å². The van der Waals surface area contributed by atoms with Crippen LogP contribution in [0.3, 0.4) is 0 Å². The summed E-state index contributed by atoms with van der Waals surface area (Å²) in [5, 5.41) is 3.27. The van der Waals surface area contributed by atoms with Crippen LogP contribution >= 0.6 is 0 Å². The molecule has 0 radical (unpaired) electrons. The second kappa shape index (κ2) is 5.08. The zero-order valence-electron chi connectivity index (χ0n) is 12.3. The van der Waals surface area contributed by atoms with Crippen LogP contribution in [0.1, 0.15) is 56.4 Å². The van der Waals surface area contributed by atoms with Gasteiger partial charge < -0.3 is 0 Å². The van der Waals surface area contributed by atoms with Gasteiger partial charge in [0, 0.05) is 11.3 Å². The largest absolute Gasteiger partial charge is 0.294 e. The third kappa shape index (κ3) is 2.50. The molecule has 0 fully saturated rings. The van der Waals surface area contributed by atoms with Crippen molar-refractivity contribution in [3.05, 3.63) is 51.4 Å². The minimum atomic E-state index is 0.0718. The normalized spacial score (nSPS) is 11.5. The van der Waals surface area contributed by atoms with Gasteiger partial charge in [-0.1, -0.05) is 45.4 Å². The summed E-state index contributed by atoms with van der Waals surface area (Å²) in [7, 11) is 0. The van der Waals surface area contributed by atoms with Crippen molar-refractivity contribution in [2.24, 2.45) is 0 Å². The maximum atomic E-state index is 12.6. The topological polar surface area (TPSA) is 37.8 Å². The number of rotatable bonds is 3. The highest BCUT2D eigenvalue weighted by atomic mass is 16.1. The zero-order chi connectivity index (χ0) is 14.2. The van der Waals surface area contributed by atoms with Gasteiger partial charge >= 0.3 is 0 Å². The van der Waals surface area contributed by atoms with E-state index in [-0.39, 0.29) is 11.5 Å². The highest BCUT2D eigenvalue weighted by Gasteiger charge is 2.19. The molecular weight excluding hydrogens is 236 g/mol. The molecule has 0 saturated carbocycles. The summed E-state index contributed by atoms with van der Waals surface area (Å²) in [5.74, 6) is 0.546. The Bertz CT molecular complexity index is 615. The maximum absolute atomic E-state index is 12.6. The van der Waals surface area contributed by atoms with Crippen LogP contribution in [0.2, 0.25) is 0 Å². The van der Waals surface area contributed by atoms with Crippen LogP contribution in [0.15, 0.2) is 29.1 Å². The van der Waals surface area contributed by atoms with Crippen LogP contribution < -0.4 is 5.56 Å². The first-order valence-corrected chi connectivity index (χ1v) is 6.83. The van der Waals surface area contributed by atoms with E-state index in [0.29, 0.717) is 5.92 Å². The van der Waals surface area contributed by atoms with E-state index in [0.717, 1.165) is 16.9 Å². The second-order valence-corrected chi connectivity index (χ2v) is 5.72. The zero-order valence-corrected chi connectivity index (χ0v) is 12.3. The number of aromatic amines is 1. The highest BCUT2D eigenvalue weighted by Crippen LogP contribution is 2.22. The Hall–Kier alpha value is -1.77. The second-order valence-electron chi connectivity index (χ2n) is 5.72. The van der Waals surface area contributed by atoms with Crippen molar-refractivity contribution in [1.29, 1.82) is 0 Å². The third-order valence-electron chi connectivity index (χ3n) is 3.40. The number of nitrogens with one attached hydrogen (secondary N) is 1.